The van der Waals surface area contributed by atoms with Crippen LogP contribution in [0.15, 0.2) is 29.2 Å². The molecule has 0 heterocycles. The Morgan fingerprint density at radius 2 is 2.12 bits per heavy atom. The van der Waals surface area contributed by atoms with Crippen LogP contribution in [0.25, 0.3) is 0 Å². The Kier molecular flexibility index (Phi) is 4.76. The predicted molar refractivity (Wildman–Crippen MR) is 64.0 cm³/mol. The molecule has 0 aliphatic carbocycles. The second-order valence-electron chi connectivity index (χ2n) is 3.49. The molecular weight excluding hydrogens is 226 g/mol. The standard InChI is InChI=1S/C11H17NO3S/c1-2-16-9-5-3-4-8(6-9)10(13)11(14,15)7-12/h3-6,10,13-15H,2,7,12H2,1H3. The van der Waals surface area contributed by atoms with E-state index in [-0.39, 0.29) is 0 Å². The molecule has 0 radical (unpaired) electrons. The number of aliphatic hydroxyl groups excluding tert-OH is 1. The maximum atomic E-state index is 9.75. The Balaban J connectivity index is 2.91. The van der Waals surface area contributed by atoms with Gasteiger partial charge in [-0.05, 0) is 23.4 Å². The topological polar surface area (TPSA) is 86.7 Å². The van der Waals surface area contributed by atoms with Crippen molar-refractivity contribution in [2.45, 2.75) is 23.7 Å². The van der Waals surface area contributed by atoms with Crippen LogP contribution in [0.3, 0.4) is 0 Å². The van der Waals surface area contributed by atoms with Gasteiger partial charge in [0.15, 0.2) is 0 Å². The third kappa shape index (κ3) is 3.20. The highest BCUT2D eigenvalue weighted by molar-refractivity contribution is 7.99. The number of thioether (sulfide) groups is 1. The number of nitrogens with two attached hydrogens (primary N) is 1. The van der Waals surface area contributed by atoms with Crippen LogP contribution in [-0.2, 0) is 0 Å². The number of benzene rings is 1. The van der Waals surface area contributed by atoms with Crippen molar-refractivity contribution in [2.24, 2.45) is 5.73 Å². The zero-order chi connectivity index (χ0) is 12.2. The lowest BCUT2D eigenvalue weighted by Crippen LogP contribution is -2.43. The third-order valence-corrected chi connectivity index (χ3v) is 3.10. The van der Waals surface area contributed by atoms with Crippen molar-refractivity contribution >= 4 is 11.8 Å². The van der Waals surface area contributed by atoms with Gasteiger partial charge in [-0.25, -0.2) is 0 Å². The zero-order valence-electron chi connectivity index (χ0n) is 9.13. The lowest BCUT2D eigenvalue weighted by atomic mass is 10.0. The molecule has 0 aliphatic rings. The van der Waals surface area contributed by atoms with Crippen LogP contribution in [0.5, 0.6) is 0 Å². The summed E-state index contributed by atoms with van der Waals surface area (Å²) >= 11 is 1.62. The molecule has 0 aliphatic heterocycles. The Bertz CT molecular complexity index is 344. The Morgan fingerprint density at radius 3 is 2.69 bits per heavy atom. The molecule has 0 bridgehead atoms. The Morgan fingerprint density at radius 1 is 1.44 bits per heavy atom. The zero-order valence-corrected chi connectivity index (χ0v) is 9.94. The van der Waals surface area contributed by atoms with Crippen molar-refractivity contribution in [1.29, 1.82) is 0 Å². The molecule has 0 aromatic heterocycles. The minimum atomic E-state index is -2.28. The monoisotopic (exact) mass is 243 g/mol. The fraction of sp³-hybridized carbons (Fsp3) is 0.455. The molecule has 5 N–H and O–H groups in total. The fourth-order valence-corrected chi connectivity index (χ4v) is 2.05. The minimum absolute atomic E-state index is 0.417. The number of hydrogen-bond donors (Lipinski definition) is 4. The van der Waals surface area contributed by atoms with E-state index in [1.165, 1.54) is 0 Å². The molecule has 90 valence electrons. The first-order valence-electron chi connectivity index (χ1n) is 5.07. The average Bonchev–Trinajstić information content (AvgIpc) is 2.29. The van der Waals surface area contributed by atoms with Crippen LogP contribution >= 0.6 is 11.8 Å². The van der Waals surface area contributed by atoms with Gasteiger partial charge in [0.2, 0.25) is 5.79 Å². The van der Waals surface area contributed by atoms with Crippen molar-refractivity contribution in [1.82, 2.24) is 0 Å². The van der Waals surface area contributed by atoms with E-state index >= 15 is 0 Å². The largest absolute Gasteiger partial charge is 0.383 e. The molecule has 0 amide bonds. The van der Waals surface area contributed by atoms with Crippen molar-refractivity contribution in [3.05, 3.63) is 29.8 Å². The second-order valence-corrected chi connectivity index (χ2v) is 4.83. The summed E-state index contributed by atoms with van der Waals surface area (Å²) in [7, 11) is 0. The number of rotatable bonds is 5. The van der Waals surface area contributed by atoms with Gasteiger partial charge in [0, 0.05) is 11.4 Å². The van der Waals surface area contributed by atoms with Crippen LogP contribution in [0.2, 0.25) is 0 Å². The van der Waals surface area contributed by atoms with E-state index in [0.717, 1.165) is 10.6 Å². The summed E-state index contributed by atoms with van der Waals surface area (Å²) in [5.74, 6) is -1.37. The quantitative estimate of drug-likeness (QED) is 0.446. The Hall–Kier alpha value is -0.590. The van der Waals surface area contributed by atoms with Crippen molar-refractivity contribution in [2.75, 3.05) is 12.3 Å². The van der Waals surface area contributed by atoms with Crippen LogP contribution in [-0.4, -0.2) is 33.4 Å². The maximum Gasteiger partial charge on any atom is 0.206 e. The Labute approximate surface area is 99.1 Å². The van der Waals surface area contributed by atoms with Crippen LogP contribution < -0.4 is 5.73 Å². The molecule has 0 saturated heterocycles. The molecular formula is C11H17NO3S. The third-order valence-electron chi connectivity index (χ3n) is 2.22. The molecule has 1 unspecified atom stereocenters. The van der Waals surface area contributed by atoms with Gasteiger partial charge in [-0.2, -0.15) is 0 Å². The summed E-state index contributed by atoms with van der Waals surface area (Å²) in [6, 6.07) is 7.04. The van der Waals surface area contributed by atoms with Gasteiger partial charge in [-0.1, -0.05) is 19.1 Å². The lowest BCUT2D eigenvalue weighted by Gasteiger charge is -2.26. The predicted octanol–water partition coefficient (Wildman–Crippen LogP) is 0.472. The highest BCUT2D eigenvalue weighted by Crippen LogP contribution is 2.27. The first-order valence-corrected chi connectivity index (χ1v) is 6.05. The summed E-state index contributed by atoms with van der Waals surface area (Å²) in [5.41, 5.74) is 5.63. The maximum absolute atomic E-state index is 9.75. The van der Waals surface area contributed by atoms with E-state index in [1.54, 1.807) is 30.0 Å². The van der Waals surface area contributed by atoms with Crippen molar-refractivity contribution in [3.63, 3.8) is 0 Å². The molecule has 4 nitrogen and oxygen atoms in total. The van der Waals surface area contributed by atoms with Gasteiger partial charge >= 0.3 is 0 Å². The van der Waals surface area contributed by atoms with E-state index in [4.69, 9.17) is 5.73 Å². The van der Waals surface area contributed by atoms with E-state index in [9.17, 15) is 15.3 Å². The lowest BCUT2D eigenvalue weighted by molar-refractivity contribution is -0.219. The van der Waals surface area contributed by atoms with E-state index < -0.39 is 18.4 Å². The summed E-state index contributed by atoms with van der Waals surface area (Å²) in [6.07, 6.45) is -1.39. The van der Waals surface area contributed by atoms with E-state index in [2.05, 4.69) is 0 Å². The van der Waals surface area contributed by atoms with Crippen molar-refractivity contribution in [3.8, 4) is 0 Å². The van der Waals surface area contributed by atoms with Gasteiger partial charge < -0.3 is 21.1 Å². The van der Waals surface area contributed by atoms with Gasteiger partial charge in [0.1, 0.15) is 6.10 Å². The number of aliphatic hydroxyl groups is 3. The summed E-state index contributed by atoms with van der Waals surface area (Å²) in [6.45, 7) is 1.61. The average molecular weight is 243 g/mol. The smallest absolute Gasteiger partial charge is 0.206 e. The molecule has 0 fully saturated rings. The minimum Gasteiger partial charge on any atom is -0.383 e. The molecule has 1 atom stereocenters. The van der Waals surface area contributed by atoms with Crippen LogP contribution in [0.1, 0.15) is 18.6 Å². The summed E-state index contributed by atoms with van der Waals surface area (Å²) in [5, 5.41) is 28.6. The molecule has 5 heteroatoms. The van der Waals surface area contributed by atoms with Gasteiger partial charge in [0.25, 0.3) is 0 Å². The number of hydrogen-bond acceptors (Lipinski definition) is 5. The molecule has 1 aromatic carbocycles. The summed E-state index contributed by atoms with van der Waals surface area (Å²) < 4.78 is 0. The summed E-state index contributed by atoms with van der Waals surface area (Å²) in [4.78, 5) is 0.979. The van der Waals surface area contributed by atoms with Crippen molar-refractivity contribution < 1.29 is 15.3 Å². The second kappa shape index (κ2) is 5.65. The molecule has 0 spiro atoms. The SMILES string of the molecule is CCSc1cccc(C(O)C(O)(O)CN)c1. The fourth-order valence-electron chi connectivity index (χ4n) is 1.32. The molecule has 0 saturated carbocycles. The van der Waals surface area contributed by atoms with Gasteiger partial charge in [0.05, 0.1) is 0 Å². The van der Waals surface area contributed by atoms with Gasteiger partial charge in [-0.3, -0.25) is 0 Å². The van der Waals surface area contributed by atoms with Gasteiger partial charge in [-0.15, -0.1) is 11.8 Å². The molecule has 1 rings (SSSR count). The van der Waals surface area contributed by atoms with Crippen LogP contribution in [0, 0.1) is 0 Å². The first-order chi connectivity index (χ1) is 7.51. The molecule has 1 aromatic rings. The normalized spacial score (nSPS) is 13.8. The van der Waals surface area contributed by atoms with Crippen LogP contribution in [0.4, 0.5) is 0 Å². The van der Waals surface area contributed by atoms with E-state index in [1.807, 2.05) is 13.0 Å². The highest BCUT2D eigenvalue weighted by atomic mass is 32.2. The highest BCUT2D eigenvalue weighted by Gasteiger charge is 2.32. The first kappa shape index (κ1) is 13.5. The van der Waals surface area contributed by atoms with E-state index in [0.29, 0.717) is 5.56 Å². The molecule has 16 heavy (non-hydrogen) atoms.